The van der Waals surface area contributed by atoms with E-state index in [1.165, 1.54) is 0 Å². The minimum absolute atomic E-state index is 0.246. The largest absolute Gasteiger partial charge is 0.308 e. The van der Waals surface area contributed by atoms with Crippen LogP contribution in [0, 0.1) is 0 Å². The Balaban J connectivity index is 1.44. The zero-order chi connectivity index (χ0) is 18.6. The fourth-order valence-electron chi connectivity index (χ4n) is 2.62. The minimum Gasteiger partial charge on any atom is -0.308 e. The van der Waals surface area contributed by atoms with Crippen LogP contribution >= 0.6 is 0 Å². The maximum atomic E-state index is 12.4. The topological polar surface area (TPSA) is 108 Å². The predicted molar refractivity (Wildman–Crippen MR) is 98.0 cm³/mol. The Morgan fingerprint density at radius 2 is 1.93 bits per heavy atom. The van der Waals surface area contributed by atoms with Crippen molar-refractivity contribution in [1.29, 1.82) is 0 Å². The van der Waals surface area contributed by atoms with E-state index in [0.29, 0.717) is 23.3 Å². The molecule has 0 saturated heterocycles. The molecule has 27 heavy (non-hydrogen) atoms. The van der Waals surface area contributed by atoms with Gasteiger partial charge in [0.15, 0.2) is 5.82 Å². The first-order valence-electron chi connectivity index (χ1n) is 8.25. The normalized spacial score (nSPS) is 10.8. The van der Waals surface area contributed by atoms with Crippen molar-refractivity contribution < 1.29 is 4.79 Å². The van der Waals surface area contributed by atoms with Crippen molar-refractivity contribution in [2.75, 3.05) is 5.32 Å². The second-order valence-electron chi connectivity index (χ2n) is 5.84. The molecule has 1 aromatic carbocycles. The molecule has 3 heterocycles. The van der Waals surface area contributed by atoms with Gasteiger partial charge in [-0.3, -0.25) is 19.3 Å². The van der Waals surface area contributed by atoms with E-state index in [1.54, 1.807) is 47.4 Å². The Bertz CT molecular complexity index is 1150. The number of hydrogen-bond acceptors (Lipinski definition) is 6. The van der Waals surface area contributed by atoms with Gasteiger partial charge in [-0.2, -0.15) is 5.10 Å². The zero-order valence-corrected chi connectivity index (χ0v) is 14.2. The Morgan fingerprint density at radius 3 is 2.78 bits per heavy atom. The third-order valence-electron chi connectivity index (χ3n) is 3.88. The highest BCUT2D eigenvalue weighted by molar-refractivity contribution is 5.89. The number of hydrogen-bond donors (Lipinski definition) is 1. The van der Waals surface area contributed by atoms with Gasteiger partial charge < -0.3 is 5.32 Å². The molecule has 0 aliphatic rings. The molecule has 3 aromatic heterocycles. The lowest BCUT2D eigenvalue weighted by Crippen LogP contribution is -2.30. The first kappa shape index (κ1) is 16.6. The summed E-state index contributed by atoms with van der Waals surface area (Å²) in [4.78, 5) is 28.8. The summed E-state index contributed by atoms with van der Waals surface area (Å²) in [5, 5.41) is 15.1. The van der Waals surface area contributed by atoms with Gasteiger partial charge in [0.2, 0.25) is 5.91 Å². The summed E-state index contributed by atoms with van der Waals surface area (Å²) in [6.45, 7) is 0.246. The van der Waals surface area contributed by atoms with Gasteiger partial charge in [0.25, 0.3) is 5.56 Å². The van der Waals surface area contributed by atoms with Crippen LogP contribution in [0.4, 0.5) is 5.82 Å². The van der Waals surface area contributed by atoms with E-state index in [9.17, 15) is 9.59 Å². The van der Waals surface area contributed by atoms with E-state index < -0.39 is 5.91 Å². The standard InChI is InChI=1S/C18H15N7O2/c26-17(12-25-18(27)14-6-1-2-7-15(14)21-23-25)20-16-8-10-24(22-16)11-13-5-3-4-9-19-13/h1-10H,11-12H2,(H,20,22,26). The summed E-state index contributed by atoms with van der Waals surface area (Å²) in [5.41, 5.74) is 0.986. The quantitative estimate of drug-likeness (QED) is 0.570. The van der Waals surface area contributed by atoms with Gasteiger partial charge in [0, 0.05) is 18.5 Å². The van der Waals surface area contributed by atoms with Gasteiger partial charge in [-0.25, -0.2) is 4.68 Å². The van der Waals surface area contributed by atoms with Crippen molar-refractivity contribution in [2.24, 2.45) is 0 Å². The Kier molecular flexibility index (Phi) is 4.40. The number of carbonyl (C=O) groups excluding carboxylic acids is 1. The molecule has 0 saturated carbocycles. The number of carbonyl (C=O) groups is 1. The van der Waals surface area contributed by atoms with Crippen LogP contribution in [0.25, 0.3) is 10.9 Å². The van der Waals surface area contributed by atoms with Crippen molar-refractivity contribution in [3.63, 3.8) is 0 Å². The van der Waals surface area contributed by atoms with Crippen LogP contribution in [0.2, 0.25) is 0 Å². The second-order valence-corrected chi connectivity index (χ2v) is 5.84. The van der Waals surface area contributed by atoms with Crippen LogP contribution in [0.1, 0.15) is 5.69 Å². The predicted octanol–water partition coefficient (Wildman–Crippen LogP) is 1.07. The smallest absolute Gasteiger partial charge is 0.278 e. The van der Waals surface area contributed by atoms with E-state index in [4.69, 9.17) is 0 Å². The van der Waals surface area contributed by atoms with Gasteiger partial charge in [-0.05, 0) is 24.3 Å². The molecule has 1 N–H and O–H groups in total. The lowest BCUT2D eigenvalue weighted by Gasteiger charge is -2.05. The molecule has 4 aromatic rings. The molecule has 0 unspecified atom stereocenters. The van der Waals surface area contributed by atoms with E-state index in [2.05, 4.69) is 25.7 Å². The van der Waals surface area contributed by atoms with E-state index in [1.807, 2.05) is 18.2 Å². The summed E-state index contributed by atoms with van der Waals surface area (Å²) in [6, 6.07) is 14.2. The van der Waals surface area contributed by atoms with Crippen LogP contribution in [0.5, 0.6) is 0 Å². The van der Waals surface area contributed by atoms with Gasteiger partial charge in [-0.1, -0.05) is 23.4 Å². The molecule has 134 valence electrons. The van der Waals surface area contributed by atoms with E-state index in [0.717, 1.165) is 10.4 Å². The molecule has 0 spiro atoms. The summed E-state index contributed by atoms with van der Waals surface area (Å²) < 4.78 is 2.70. The van der Waals surface area contributed by atoms with Crippen LogP contribution < -0.4 is 10.9 Å². The van der Waals surface area contributed by atoms with Crippen molar-refractivity contribution in [2.45, 2.75) is 13.1 Å². The van der Waals surface area contributed by atoms with Crippen molar-refractivity contribution in [3.8, 4) is 0 Å². The average Bonchev–Trinajstić information content (AvgIpc) is 3.11. The summed E-state index contributed by atoms with van der Waals surface area (Å²) >= 11 is 0. The highest BCUT2D eigenvalue weighted by Gasteiger charge is 2.11. The molecule has 0 aliphatic heterocycles. The lowest BCUT2D eigenvalue weighted by molar-refractivity contribution is -0.117. The van der Waals surface area contributed by atoms with Crippen molar-refractivity contribution in [3.05, 3.63) is 77.0 Å². The van der Waals surface area contributed by atoms with Crippen LogP contribution in [0.3, 0.4) is 0 Å². The number of pyridine rings is 1. The number of benzene rings is 1. The molecular formula is C18H15N7O2. The maximum absolute atomic E-state index is 12.4. The fourth-order valence-corrected chi connectivity index (χ4v) is 2.62. The molecular weight excluding hydrogens is 346 g/mol. The molecule has 1 amide bonds. The van der Waals surface area contributed by atoms with Crippen molar-refractivity contribution in [1.82, 2.24) is 29.8 Å². The highest BCUT2D eigenvalue weighted by atomic mass is 16.2. The second kappa shape index (κ2) is 7.16. The Labute approximate surface area is 153 Å². The van der Waals surface area contributed by atoms with Crippen molar-refractivity contribution >= 4 is 22.6 Å². The number of rotatable bonds is 5. The van der Waals surface area contributed by atoms with E-state index in [-0.39, 0.29) is 12.1 Å². The molecule has 0 bridgehead atoms. The summed E-state index contributed by atoms with van der Waals surface area (Å²) in [5.74, 6) is -0.0255. The molecule has 0 aliphatic carbocycles. The molecule has 9 heteroatoms. The number of fused-ring (bicyclic) bond motifs is 1. The molecule has 0 fully saturated rings. The Morgan fingerprint density at radius 1 is 1.07 bits per heavy atom. The van der Waals surface area contributed by atoms with Crippen LogP contribution in [-0.2, 0) is 17.9 Å². The van der Waals surface area contributed by atoms with Gasteiger partial charge in [0.1, 0.15) is 12.1 Å². The molecule has 4 rings (SSSR count). The fraction of sp³-hybridized carbons (Fsp3) is 0.111. The molecule has 0 radical (unpaired) electrons. The van der Waals surface area contributed by atoms with E-state index >= 15 is 0 Å². The number of anilines is 1. The number of nitrogens with zero attached hydrogens (tertiary/aromatic N) is 6. The third-order valence-corrected chi connectivity index (χ3v) is 3.88. The third kappa shape index (κ3) is 3.71. The average molecular weight is 361 g/mol. The van der Waals surface area contributed by atoms with Gasteiger partial charge in [-0.15, -0.1) is 5.10 Å². The molecule has 9 nitrogen and oxygen atoms in total. The number of amides is 1. The SMILES string of the molecule is O=C(Cn1nnc2ccccc2c1=O)Nc1ccn(Cc2ccccn2)n1. The Hall–Kier alpha value is -3.88. The number of nitrogens with one attached hydrogen (secondary N) is 1. The molecule has 0 atom stereocenters. The van der Waals surface area contributed by atoms with Gasteiger partial charge >= 0.3 is 0 Å². The summed E-state index contributed by atoms with van der Waals surface area (Å²) in [6.07, 6.45) is 3.45. The first-order chi connectivity index (χ1) is 13.2. The van der Waals surface area contributed by atoms with Gasteiger partial charge in [0.05, 0.1) is 17.6 Å². The monoisotopic (exact) mass is 361 g/mol. The highest BCUT2D eigenvalue weighted by Crippen LogP contribution is 2.06. The maximum Gasteiger partial charge on any atom is 0.278 e. The number of aromatic nitrogens is 6. The zero-order valence-electron chi connectivity index (χ0n) is 14.2. The first-order valence-corrected chi connectivity index (χ1v) is 8.25. The minimum atomic E-state index is -0.412. The lowest BCUT2D eigenvalue weighted by atomic mass is 10.2. The summed E-state index contributed by atoms with van der Waals surface area (Å²) in [7, 11) is 0. The van der Waals surface area contributed by atoms with Crippen LogP contribution in [0.15, 0.2) is 65.7 Å². The van der Waals surface area contributed by atoms with Crippen LogP contribution in [-0.4, -0.2) is 35.7 Å².